The summed E-state index contributed by atoms with van der Waals surface area (Å²) in [5.74, 6) is 0. The Kier molecular flexibility index (Phi) is 3.00. The maximum Gasteiger partial charge on any atom is 0.0660 e. The van der Waals surface area contributed by atoms with Crippen LogP contribution in [0.2, 0.25) is 6.32 Å². The predicted molar refractivity (Wildman–Crippen MR) is 48.4 cm³/mol. The molecule has 0 nitrogen and oxygen atoms in total. The average molecular weight is 138 g/mol. The van der Waals surface area contributed by atoms with Crippen LogP contribution in [-0.4, -0.2) is 7.85 Å². The normalized spacial score (nSPS) is 13.7. The van der Waals surface area contributed by atoms with E-state index in [0.29, 0.717) is 10.8 Å². The van der Waals surface area contributed by atoms with Gasteiger partial charge in [-0.25, -0.2) is 0 Å². The largest absolute Gasteiger partial charge is 0.0836 e. The first-order valence-electron chi connectivity index (χ1n) is 3.97. The van der Waals surface area contributed by atoms with E-state index < -0.39 is 0 Å². The van der Waals surface area contributed by atoms with Gasteiger partial charge in [0.2, 0.25) is 0 Å². The van der Waals surface area contributed by atoms with E-state index in [1.165, 1.54) is 6.42 Å². The Labute approximate surface area is 66.8 Å². The van der Waals surface area contributed by atoms with Gasteiger partial charge in [0, 0.05) is 0 Å². The fourth-order valence-electron chi connectivity index (χ4n) is 1.51. The molecule has 0 saturated heterocycles. The number of hydrogen-bond donors (Lipinski definition) is 0. The molecule has 0 unspecified atom stereocenters. The molecule has 0 rings (SSSR count). The molecular formula is C9H19B. The lowest BCUT2D eigenvalue weighted by atomic mass is 9.70. The standard InChI is InChI=1S/C9H19B/c1-8(2,3)6-9(4,5)7-10/h6-7H2,1-5H3. The molecule has 0 N–H and O–H groups in total. The van der Waals surface area contributed by atoms with Crippen LogP contribution in [0.4, 0.5) is 0 Å². The number of rotatable bonds is 2. The van der Waals surface area contributed by atoms with Crippen LogP contribution in [0.5, 0.6) is 0 Å². The Hall–Kier alpha value is 0.0649. The molecule has 0 aliphatic carbocycles. The van der Waals surface area contributed by atoms with Crippen molar-refractivity contribution in [1.82, 2.24) is 0 Å². The highest BCUT2D eigenvalue weighted by Gasteiger charge is 2.22. The summed E-state index contributed by atoms with van der Waals surface area (Å²) in [6.45, 7) is 11.2. The molecule has 0 heterocycles. The molecule has 0 spiro atoms. The summed E-state index contributed by atoms with van der Waals surface area (Å²) < 4.78 is 0. The lowest BCUT2D eigenvalue weighted by molar-refractivity contribution is 0.234. The van der Waals surface area contributed by atoms with Crippen LogP contribution in [0.3, 0.4) is 0 Å². The third-order valence-electron chi connectivity index (χ3n) is 1.56. The molecule has 0 amide bonds. The summed E-state index contributed by atoms with van der Waals surface area (Å²) in [6.07, 6.45) is 1.97. The highest BCUT2D eigenvalue weighted by atomic mass is 14.3. The van der Waals surface area contributed by atoms with Gasteiger partial charge in [0.25, 0.3) is 0 Å². The maximum absolute atomic E-state index is 5.61. The van der Waals surface area contributed by atoms with Gasteiger partial charge in [-0.15, -0.1) is 0 Å². The Morgan fingerprint density at radius 2 is 1.40 bits per heavy atom. The number of hydrogen-bond acceptors (Lipinski definition) is 0. The van der Waals surface area contributed by atoms with E-state index >= 15 is 0 Å². The summed E-state index contributed by atoms with van der Waals surface area (Å²) >= 11 is 0. The fourth-order valence-corrected chi connectivity index (χ4v) is 1.51. The minimum absolute atomic E-state index is 0.304. The molecule has 1 heteroatoms. The molecule has 0 saturated carbocycles. The summed E-state index contributed by atoms with van der Waals surface area (Å²) in [5, 5.41) is 0. The van der Waals surface area contributed by atoms with Gasteiger partial charge in [-0.1, -0.05) is 40.9 Å². The van der Waals surface area contributed by atoms with Crippen molar-refractivity contribution in [1.29, 1.82) is 0 Å². The smallest absolute Gasteiger partial charge is 0.0660 e. The molecule has 0 atom stereocenters. The van der Waals surface area contributed by atoms with Crippen LogP contribution in [0.1, 0.15) is 41.0 Å². The van der Waals surface area contributed by atoms with E-state index in [2.05, 4.69) is 34.6 Å². The molecule has 10 heavy (non-hydrogen) atoms. The Morgan fingerprint density at radius 1 is 1.00 bits per heavy atom. The van der Waals surface area contributed by atoms with Gasteiger partial charge >= 0.3 is 0 Å². The van der Waals surface area contributed by atoms with Crippen LogP contribution in [0.25, 0.3) is 0 Å². The SMILES string of the molecule is [B]CC(C)(C)CC(C)(C)C. The van der Waals surface area contributed by atoms with Crippen molar-refractivity contribution in [3.05, 3.63) is 0 Å². The fraction of sp³-hybridized carbons (Fsp3) is 1.00. The van der Waals surface area contributed by atoms with Crippen LogP contribution in [0, 0.1) is 10.8 Å². The van der Waals surface area contributed by atoms with E-state index in [1.54, 1.807) is 0 Å². The van der Waals surface area contributed by atoms with Crippen molar-refractivity contribution in [2.75, 3.05) is 0 Å². The van der Waals surface area contributed by atoms with Crippen LogP contribution >= 0.6 is 0 Å². The van der Waals surface area contributed by atoms with Crippen LogP contribution in [-0.2, 0) is 0 Å². The second kappa shape index (κ2) is 2.98. The molecule has 0 bridgehead atoms. The first-order valence-corrected chi connectivity index (χ1v) is 3.97. The van der Waals surface area contributed by atoms with Crippen molar-refractivity contribution in [3.63, 3.8) is 0 Å². The zero-order chi connectivity index (χ0) is 8.41. The second-order valence-corrected chi connectivity index (χ2v) is 5.11. The second-order valence-electron chi connectivity index (χ2n) is 5.11. The average Bonchev–Trinajstić information content (AvgIpc) is 1.60. The highest BCUT2D eigenvalue weighted by Crippen LogP contribution is 2.34. The summed E-state index contributed by atoms with van der Waals surface area (Å²) in [4.78, 5) is 0. The highest BCUT2D eigenvalue weighted by molar-refractivity contribution is 6.08. The van der Waals surface area contributed by atoms with Gasteiger partial charge in [0.1, 0.15) is 0 Å². The molecular weight excluding hydrogens is 119 g/mol. The molecule has 0 fully saturated rings. The van der Waals surface area contributed by atoms with Crippen LogP contribution in [0.15, 0.2) is 0 Å². The van der Waals surface area contributed by atoms with E-state index in [1.807, 2.05) is 0 Å². The minimum Gasteiger partial charge on any atom is -0.0836 e. The quantitative estimate of drug-likeness (QED) is 0.514. The van der Waals surface area contributed by atoms with Gasteiger partial charge in [-0.05, 0) is 17.3 Å². The lowest BCUT2D eigenvalue weighted by Gasteiger charge is -2.31. The van der Waals surface area contributed by atoms with Crippen LogP contribution < -0.4 is 0 Å². The van der Waals surface area contributed by atoms with Gasteiger partial charge < -0.3 is 0 Å². The van der Waals surface area contributed by atoms with E-state index in [-0.39, 0.29) is 0 Å². The first-order chi connectivity index (χ1) is 4.27. The van der Waals surface area contributed by atoms with Crippen molar-refractivity contribution in [2.24, 2.45) is 10.8 Å². The summed E-state index contributed by atoms with van der Waals surface area (Å²) in [5.41, 5.74) is 0.709. The summed E-state index contributed by atoms with van der Waals surface area (Å²) in [7, 11) is 5.61. The molecule has 2 radical (unpaired) electrons. The molecule has 0 aliphatic heterocycles. The van der Waals surface area contributed by atoms with Crippen molar-refractivity contribution in [3.8, 4) is 0 Å². The van der Waals surface area contributed by atoms with Gasteiger partial charge in [0.15, 0.2) is 0 Å². The maximum atomic E-state index is 5.61. The molecule has 0 aromatic rings. The van der Waals surface area contributed by atoms with Crippen molar-refractivity contribution < 1.29 is 0 Å². The zero-order valence-corrected chi connectivity index (χ0v) is 7.99. The molecule has 58 valence electrons. The van der Waals surface area contributed by atoms with Crippen molar-refractivity contribution >= 4 is 7.85 Å². The molecule has 0 aromatic carbocycles. The van der Waals surface area contributed by atoms with E-state index in [9.17, 15) is 0 Å². The topological polar surface area (TPSA) is 0 Å². The lowest BCUT2D eigenvalue weighted by Crippen LogP contribution is -2.19. The van der Waals surface area contributed by atoms with Gasteiger partial charge in [-0.2, -0.15) is 0 Å². The first kappa shape index (κ1) is 10.1. The third-order valence-corrected chi connectivity index (χ3v) is 1.56. The molecule has 0 aromatic heterocycles. The zero-order valence-electron chi connectivity index (χ0n) is 7.99. The van der Waals surface area contributed by atoms with Gasteiger partial charge in [0.05, 0.1) is 7.85 Å². The summed E-state index contributed by atoms with van der Waals surface area (Å²) in [6, 6.07) is 0. The minimum atomic E-state index is 0.304. The Bertz CT molecular complexity index is 97.8. The Morgan fingerprint density at radius 3 is 1.50 bits per heavy atom. The Balaban J connectivity index is 3.89. The predicted octanol–water partition coefficient (Wildman–Crippen LogP) is 3.04. The monoisotopic (exact) mass is 138 g/mol. The van der Waals surface area contributed by atoms with Gasteiger partial charge in [-0.3, -0.25) is 0 Å². The molecule has 0 aliphatic rings. The van der Waals surface area contributed by atoms with E-state index in [0.717, 1.165) is 6.32 Å². The van der Waals surface area contributed by atoms with E-state index in [4.69, 9.17) is 7.85 Å². The van der Waals surface area contributed by atoms with Crippen molar-refractivity contribution in [2.45, 2.75) is 47.4 Å². The third kappa shape index (κ3) is 4.90.